The van der Waals surface area contributed by atoms with Crippen molar-refractivity contribution in [2.24, 2.45) is 0 Å². The van der Waals surface area contributed by atoms with E-state index in [-0.39, 0.29) is 5.91 Å². The summed E-state index contributed by atoms with van der Waals surface area (Å²) in [6.45, 7) is 2.00. The molecule has 2 aromatic rings. The van der Waals surface area contributed by atoms with E-state index in [2.05, 4.69) is 5.32 Å². The first kappa shape index (κ1) is 13.1. The molecule has 98 valence electrons. The second kappa shape index (κ2) is 6.05. The molecular formula is C16H17NO2. The van der Waals surface area contributed by atoms with Crippen LogP contribution in [0, 0.1) is 6.92 Å². The number of carbonyl (C=O) groups is 1. The van der Waals surface area contributed by atoms with Gasteiger partial charge in [-0.05, 0) is 25.1 Å². The Hall–Kier alpha value is -2.29. The Balaban J connectivity index is 2.09. The Morgan fingerprint density at radius 3 is 2.58 bits per heavy atom. The van der Waals surface area contributed by atoms with E-state index < -0.39 is 0 Å². The van der Waals surface area contributed by atoms with Crippen LogP contribution < -0.4 is 10.1 Å². The standard InChI is InChI=1S/C16H17NO2/c1-12-8-9-15(19-2)13(10-12)11-16(18)17-14-6-4-3-5-7-14/h3-10H,11H2,1-2H3,(H,17,18). The second-order valence-electron chi connectivity index (χ2n) is 4.41. The fourth-order valence-electron chi connectivity index (χ4n) is 1.95. The fourth-order valence-corrected chi connectivity index (χ4v) is 1.95. The third-order valence-corrected chi connectivity index (χ3v) is 2.84. The molecule has 3 heteroatoms. The number of nitrogens with one attached hydrogen (secondary N) is 1. The van der Waals surface area contributed by atoms with Gasteiger partial charge in [-0.25, -0.2) is 0 Å². The number of para-hydroxylation sites is 1. The van der Waals surface area contributed by atoms with Gasteiger partial charge >= 0.3 is 0 Å². The predicted octanol–water partition coefficient (Wildman–Crippen LogP) is 3.18. The van der Waals surface area contributed by atoms with E-state index >= 15 is 0 Å². The van der Waals surface area contributed by atoms with Crippen LogP contribution in [-0.2, 0) is 11.2 Å². The average molecular weight is 255 g/mol. The number of aryl methyl sites for hydroxylation is 1. The summed E-state index contributed by atoms with van der Waals surface area (Å²) in [6.07, 6.45) is 0.305. The van der Waals surface area contributed by atoms with Crippen LogP contribution >= 0.6 is 0 Å². The summed E-state index contributed by atoms with van der Waals surface area (Å²) in [6, 6.07) is 15.3. The van der Waals surface area contributed by atoms with Gasteiger partial charge in [-0.3, -0.25) is 4.79 Å². The predicted molar refractivity (Wildman–Crippen MR) is 76.5 cm³/mol. The van der Waals surface area contributed by atoms with Gasteiger partial charge in [-0.15, -0.1) is 0 Å². The minimum atomic E-state index is -0.0462. The molecule has 0 radical (unpaired) electrons. The van der Waals surface area contributed by atoms with Crippen LogP contribution in [0.5, 0.6) is 5.75 Å². The average Bonchev–Trinajstić information content (AvgIpc) is 2.40. The van der Waals surface area contributed by atoms with Gasteiger partial charge in [0.1, 0.15) is 5.75 Å². The molecule has 0 spiro atoms. The summed E-state index contributed by atoms with van der Waals surface area (Å²) in [7, 11) is 1.61. The van der Waals surface area contributed by atoms with E-state index in [9.17, 15) is 4.79 Å². The number of carbonyl (C=O) groups excluding carboxylic acids is 1. The zero-order valence-electron chi connectivity index (χ0n) is 11.1. The summed E-state index contributed by atoms with van der Waals surface area (Å²) in [4.78, 5) is 12.0. The van der Waals surface area contributed by atoms with E-state index in [1.165, 1.54) is 0 Å². The van der Waals surface area contributed by atoms with Crippen molar-refractivity contribution in [1.82, 2.24) is 0 Å². The molecule has 0 aliphatic heterocycles. The Morgan fingerprint density at radius 2 is 1.89 bits per heavy atom. The van der Waals surface area contributed by atoms with Crippen molar-refractivity contribution in [3.8, 4) is 5.75 Å². The Morgan fingerprint density at radius 1 is 1.16 bits per heavy atom. The highest BCUT2D eigenvalue weighted by atomic mass is 16.5. The van der Waals surface area contributed by atoms with Gasteiger partial charge in [-0.1, -0.05) is 35.9 Å². The molecule has 0 bridgehead atoms. The fraction of sp³-hybridized carbons (Fsp3) is 0.188. The van der Waals surface area contributed by atoms with E-state index in [4.69, 9.17) is 4.74 Å². The Labute approximate surface area is 113 Å². The van der Waals surface area contributed by atoms with E-state index in [1.807, 2.05) is 55.5 Å². The summed E-state index contributed by atoms with van der Waals surface area (Å²) >= 11 is 0. The molecule has 0 aliphatic carbocycles. The quantitative estimate of drug-likeness (QED) is 0.911. The smallest absolute Gasteiger partial charge is 0.228 e. The zero-order valence-corrected chi connectivity index (χ0v) is 11.1. The molecule has 0 heterocycles. The SMILES string of the molecule is COc1ccc(C)cc1CC(=O)Nc1ccccc1. The van der Waals surface area contributed by atoms with Crippen LogP contribution in [-0.4, -0.2) is 13.0 Å². The molecule has 0 aliphatic rings. The molecule has 19 heavy (non-hydrogen) atoms. The van der Waals surface area contributed by atoms with E-state index in [1.54, 1.807) is 7.11 Å². The Bertz CT molecular complexity index is 564. The minimum Gasteiger partial charge on any atom is -0.496 e. The summed E-state index contributed by atoms with van der Waals surface area (Å²) < 4.78 is 5.27. The largest absolute Gasteiger partial charge is 0.496 e. The molecule has 1 amide bonds. The van der Waals surface area contributed by atoms with Gasteiger partial charge in [0, 0.05) is 11.3 Å². The number of methoxy groups -OCH3 is 1. The topological polar surface area (TPSA) is 38.3 Å². The first-order valence-electron chi connectivity index (χ1n) is 6.17. The maximum absolute atomic E-state index is 12.0. The first-order valence-corrected chi connectivity index (χ1v) is 6.17. The molecule has 0 saturated heterocycles. The van der Waals surface area contributed by atoms with E-state index in [0.717, 1.165) is 22.6 Å². The van der Waals surface area contributed by atoms with Gasteiger partial charge < -0.3 is 10.1 Å². The molecule has 0 saturated carbocycles. The lowest BCUT2D eigenvalue weighted by atomic mass is 10.1. The van der Waals surface area contributed by atoms with Gasteiger partial charge in [-0.2, -0.15) is 0 Å². The van der Waals surface area contributed by atoms with Gasteiger partial charge in [0.15, 0.2) is 0 Å². The number of amides is 1. The van der Waals surface area contributed by atoms with Crippen molar-refractivity contribution >= 4 is 11.6 Å². The van der Waals surface area contributed by atoms with Crippen molar-refractivity contribution in [3.63, 3.8) is 0 Å². The number of rotatable bonds is 4. The first-order chi connectivity index (χ1) is 9.19. The molecule has 1 N–H and O–H groups in total. The van der Waals surface area contributed by atoms with Crippen molar-refractivity contribution in [2.75, 3.05) is 12.4 Å². The third-order valence-electron chi connectivity index (χ3n) is 2.84. The van der Waals surface area contributed by atoms with Crippen LogP contribution in [0.4, 0.5) is 5.69 Å². The molecule has 2 rings (SSSR count). The van der Waals surface area contributed by atoms with Crippen molar-refractivity contribution in [2.45, 2.75) is 13.3 Å². The normalized spacial score (nSPS) is 10.0. The molecule has 2 aromatic carbocycles. The number of ether oxygens (including phenoxy) is 1. The third kappa shape index (κ3) is 3.58. The number of benzene rings is 2. The van der Waals surface area contributed by atoms with Crippen LogP contribution in [0.3, 0.4) is 0 Å². The minimum absolute atomic E-state index is 0.0462. The lowest BCUT2D eigenvalue weighted by Crippen LogP contribution is -2.14. The summed E-state index contributed by atoms with van der Waals surface area (Å²) in [5, 5.41) is 2.87. The maximum Gasteiger partial charge on any atom is 0.228 e. The lowest BCUT2D eigenvalue weighted by molar-refractivity contribution is -0.115. The van der Waals surface area contributed by atoms with Crippen LogP contribution in [0.15, 0.2) is 48.5 Å². The van der Waals surface area contributed by atoms with Crippen molar-refractivity contribution < 1.29 is 9.53 Å². The maximum atomic E-state index is 12.0. The monoisotopic (exact) mass is 255 g/mol. The molecule has 0 unspecified atom stereocenters. The molecule has 3 nitrogen and oxygen atoms in total. The number of hydrogen-bond donors (Lipinski definition) is 1. The van der Waals surface area contributed by atoms with Crippen molar-refractivity contribution in [1.29, 1.82) is 0 Å². The van der Waals surface area contributed by atoms with Gasteiger partial charge in [0.05, 0.1) is 13.5 Å². The van der Waals surface area contributed by atoms with Crippen LogP contribution in [0.2, 0.25) is 0 Å². The van der Waals surface area contributed by atoms with Crippen molar-refractivity contribution in [3.05, 3.63) is 59.7 Å². The number of anilines is 1. The Kier molecular flexibility index (Phi) is 4.18. The second-order valence-corrected chi connectivity index (χ2v) is 4.41. The molecule has 0 aromatic heterocycles. The summed E-state index contributed by atoms with van der Waals surface area (Å²) in [5.41, 5.74) is 2.82. The number of hydrogen-bond acceptors (Lipinski definition) is 2. The zero-order chi connectivity index (χ0) is 13.7. The van der Waals surface area contributed by atoms with Gasteiger partial charge in [0.25, 0.3) is 0 Å². The summed E-state index contributed by atoms with van der Waals surface area (Å²) in [5.74, 6) is 0.698. The lowest BCUT2D eigenvalue weighted by Gasteiger charge is -2.10. The van der Waals surface area contributed by atoms with E-state index in [0.29, 0.717) is 6.42 Å². The molecule has 0 fully saturated rings. The van der Waals surface area contributed by atoms with Crippen LogP contribution in [0.25, 0.3) is 0 Å². The van der Waals surface area contributed by atoms with Gasteiger partial charge in [0.2, 0.25) is 5.91 Å². The highest BCUT2D eigenvalue weighted by Crippen LogP contribution is 2.20. The molecular weight excluding hydrogens is 238 g/mol. The highest BCUT2D eigenvalue weighted by molar-refractivity contribution is 5.92. The molecule has 0 atom stereocenters. The highest BCUT2D eigenvalue weighted by Gasteiger charge is 2.09. The van der Waals surface area contributed by atoms with Crippen LogP contribution in [0.1, 0.15) is 11.1 Å².